The van der Waals surface area contributed by atoms with Crippen LogP contribution in [0.3, 0.4) is 0 Å². The molecule has 0 aromatic heterocycles. The molecule has 1 heterocycles. The van der Waals surface area contributed by atoms with Crippen molar-refractivity contribution < 1.29 is 9.53 Å². The van der Waals surface area contributed by atoms with Crippen LogP contribution < -0.4 is 11.1 Å². The third-order valence-electron chi connectivity index (χ3n) is 5.15. The fraction of sp³-hybridized carbons (Fsp3) is 0.632. The van der Waals surface area contributed by atoms with Gasteiger partial charge in [-0.25, -0.2) is 0 Å². The SMILES string of the molecule is Cl.NC[C@H]1CCC[C@H]1C(=O)Nc1cccc(CSC2CCOCC2)c1. The predicted molar refractivity (Wildman–Crippen MR) is 107 cm³/mol. The summed E-state index contributed by atoms with van der Waals surface area (Å²) in [4.78, 5) is 12.5. The molecule has 4 nitrogen and oxygen atoms in total. The number of halogens is 1. The van der Waals surface area contributed by atoms with Gasteiger partial charge in [0.15, 0.2) is 0 Å². The maximum Gasteiger partial charge on any atom is 0.227 e. The molecule has 0 unspecified atom stereocenters. The largest absolute Gasteiger partial charge is 0.381 e. The van der Waals surface area contributed by atoms with Gasteiger partial charge < -0.3 is 15.8 Å². The zero-order valence-electron chi connectivity index (χ0n) is 14.6. The Balaban J connectivity index is 0.00000225. The van der Waals surface area contributed by atoms with E-state index in [1.807, 2.05) is 23.9 Å². The first-order valence-corrected chi connectivity index (χ1v) is 10.1. The molecule has 25 heavy (non-hydrogen) atoms. The number of hydrogen-bond acceptors (Lipinski definition) is 4. The maximum atomic E-state index is 12.5. The molecule has 2 atom stereocenters. The van der Waals surface area contributed by atoms with Crippen LogP contribution in [0.5, 0.6) is 0 Å². The zero-order chi connectivity index (χ0) is 16.8. The van der Waals surface area contributed by atoms with Gasteiger partial charge in [0.1, 0.15) is 0 Å². The molecule has 1 aromatic carbocycles. The molecule has 1 aliphatic carbocycles. The first-order chi connectivity index (χ1) is 11.8. The molecule has 0 radical (unpaired) electrons. The average Bonchev–Trinajstić information content (AvgIpc) is 3.10. The molecule has 0 bridgehead atoms. The number of rotatable bonds is 6. The number of hydrogen-bond donors (Lipinski definition) is 2. The number of carbonyl (C=O) groups excluding carboxylic acids is 1. The minimum Gasteiger partial charge on any atom is -0.381 e. The summed E-state index contributed by atoms with van der Waals surface area (Å²) in [6.45, 7) is 2.38. The summed E-state index contributed by atoms with van der Waals surface area (Å²) in [5.41, 5.74) is 7.98. The Morgan fingerprint density at radius 3 is 2.80 bits per heavy atom. The van der Waals surface area contributed by atoms with Gasteiger partial charge in [0.25, 0.3) is 0 Å². The second kappa shape index (κ2) is 10.4. The van der Waals surface area contributed by atoms with Gasteiger partial charge in [0.05, 0.1) is 0 Å². The lowest BCUT2D eigenvalue weighted by atomic mass is 9.95. The van der Waals surface area contributed by atoms with Gasteiger partial charge in [-0.2, -0.15) is 11.8 Å². The number of ether oxygens (including phenoxy) is 1. The van der Waals surface area contributed by atoms with Crippen LogP contribution in [0.4, 0.5) is 5.69 Å². The van der Waals surface area contributed by atoms with Crippen molar-refractivity contribution in [3.8, 4) is 0 Å². The molecule has 1 amide bonds. The smallest absolute Gasteiger partial charge is 0.227 e. The molecule has 3 rings (SSSR count). The lowest BCUT2D eigenvalue weighted by Crippen LogP contribution is -2.29. The van der Waals surface area contributed by atoms with E-state index in [2.05, 4.69) is 17.4 Å². The van der Waals surface area contributed by atoms with E-state index in [9.17, 15) is 4.79 Å². The van der Waals surface area contributed by atoms with Crippen molar-refractivity contribution >= 4 is 35.8 Å². The maximum absolute atomic E-state index is 12.5. The third-order valence-corrected chi connectivity index (χ3v) is 6.59. The highest BCUT2D eigenvalue weighted by atomic mass is 35.5. The molecule has 1 aromatic rings. The van der Waals surface area contributed by atoms with Crippen molar-refractivity contribution in [1.82, 2.24) is 0 Å². The van der Waals surface area contributed by atoms with Crippen LogP contribution in [0.15, 0.2) is 24.3 Å². The Hall–Kier alpha value is -0.750. The predicted octanol–water partition coefficient (Wildman–Crippen LogP) is 3.83. The second-order valence-corrected chi connectivity index (χ2v) is 8.13. The molecule has 3 N–H and O–H groups in total. The number of nitrogens with one attached hydrogen (secondary N) is 1. The summed E-state index contributed by atoms with van der Waals surface area (Å²) in [5.74, 6) is 1.55. The number of nitrogens with two attached hydrogens (primary N) is 1. The zero-order valence-corrected chi connectivity index (χ0v) is 16.2. The Morgan fingerprint density at radius 1 is 1.24 bits per heavy atom. The molecule has 140 valence electrons. The monoisotopic (exact) mass is 384 g/mol. The van der Waals surface area contributed by atoms with Crippen molar-refractivity contribution in [3.05, 3.63) is 29.8 Å². The first kappa shape index (κ1) is 20.6. The van der Waals surface area contributed by atoms with Crippen LogP contribution in [0.25, 0.3) is 0 Å². The normalized spacial score (nSPS) is 23.9. The van der Waals surface area contributed by atoms with Crippen LogP contribution in [-0.2, 0) is 15.3 Å². The molecule has 2 aliphatic rings. The Morgan fingerprint density at radius 2 is 2.04 bits per heavy atom. The van der Waals surface area contributed by atoms with Crippen molar-refractivity contribution in [1.29, 1.82) is 0 Å². The van der Waals surface area contributed by atoms with E-state index in [0.29, 0.717) is 17.7 Å². The van der Waals surface area contributed by atoms with Crippen molar-refractivity contribution in [3.63, 3.8) is 0 Å². The van der Waals surface area contributed by atoms with Crippen LogP contribution in [-0.4, -0.2) is 30.9 Å². The minimum atomic E-state index is 0. The summed E-state index contributed by atoms with van der Waals surface area (Å²) >= 11 is 2.00. The summed E-state index contributed by atoms with van der Waals surface area (Å²) < 4.78 is 5.41. The van der Waals surface area contributed by atoms with E-state index in [1.165, 1.54) is 5.56 Å². The number of amides is 1. The summed E-state index contributed by atoms with van der Waals surface area (Å²) in [7, 11) is 0. The lowest BCUT2D eigenvalue weighted by Gasteiger charge is -2.21. The van der Waals surface area contributed by atoms with E-state index < -0.39 is 0 Å². The third kappa shape index (κ3) is 5.88. The van der Waals surface area contributed by atoms with Crippen LogP contribution >= 0.6 is 24.2 Å². The quantitative estimate of drug-likeness (QED) is 0.782. The van der Waals surface area contributed by atoms with Gasteiger partial charge in [-0.3, -0.25) is 4.79 Å². The van der Waals surface area contributed by atoms with Gasteiger partial charge in [-0.05, 0) is 55.8 Å². The fourth-order valence-electron chi connectivity index (χ4n) is 3.69. The van der Waals surface area contributed by atoms with Crippen molar-refractivity contribution in [2.24, 2.45) is 17.6 Å². The van der Waals surface area contributed by atoms with Gasteiger partial charge in [-0.1, -0.05) is 18.6 Å². The van der Waals surface area contributed by atoms with Gasteiger partial charge in [-0.15, -0.1) is 12.4 Å². The minimum absolute atomic E-state index is 0. The van der Waals surface area contributed by atoms with E-state index >= 15 is 0 Å². The van der Waals surface area contributed by atoms with E-state index in [1.54, 1.807) is 0 Å². The highest BCUT2D eigenvalue weighted by molar-refractivity contribution is 7.99. The molecule has 2 fully saturated rings. The van der Waals surface area contributed by atoms with E-state index in [-0.39, 0.29) is 24.2 Å². The molecule has 1 aliphatic heterocycles. The van der Waals surface area contributed by atoms with Gasteiger partial charge in [0, 0.05) is 35.8 Å². The molecule has 0 spiro atoms. The number of thioether (sulfide) groups is 1. The van der Waals surface area contributed by atoms with Crippen molar-refractivity contribution in [2.45, 2.75) is 43.1 Å². The van der Waals surface area contributed by atoms with Gasteiger partial charge >= 0.3 is 0 Å². The molecule has 1 saturated carbocycles. The van der Waals surface area contributed by atoms with Crippen LogP contribution in [0.1, 0.15) is 37.7 Å². The number of anilines is 1. The van der Waals surface area contributed by atoms with E-state index in [4.69, 9.17) is 10.5 Å². The summed E-state index contributed by atoms with van der Waals surface area (Å²) in [5, 5.41) is 3.80. The Kier molecular flexibility index (Phi) is 8.56. The fourth-order valence-corrected chi connectivity index (χ4v) is 4.83. The second-order valence-electron chi connectivity index (χ2n) is 6.85. The highest BCUT2D eigenvalue weighted by Crippen LogP contribution is 2.32. The molecular formula is C19H29ClN2O2S. The highest BCUT2D eigenvalue weighted by Gasteiger charge is 2.31. The van der Waals surface area contributed by atoms with Crippen molar-refractivity contribution in [2.75, 3.05) is 25.1 Å². The van der Waals surface area contributed by atoms with Gasteiger partial charge in [0.2, 0.25) is 5.91 Å². The standard InChI is InChI=1S/C19H28N2O2S.ClH/c20-12-15-4-2-6-18(15)19(22)21-16-5-1-3-14(11-16)13-24-17-7-9-23-10-8-17;/h1,3,5,11,15,17-18H,2,4,6-10,12-13,20H2,(H,21,22);1H/t15-,18-;/m1./s1. The first-order valence-electron chi connectivity index (χ1n) is 9.05. The summed E-state index contributed by atoms with van der Waals surface area (Å²) in [6, 6.07) is 8.26. The topological polar surface area (TPSA) is 64.4 Å². The number of benzene rings is 1. The Labute approximate surface area is 161 Å². The van der Waals surface area contributed by atoms with Crippen LogP contribution in [0, 0.1) is 11.8 Å². The number of carbonyl (C=O) groups is 1. The lowest BCUT2D eigenvalue weighted by molar-refractivity contribution is -0.120. The van der Waals surface area contributed by atoms with Crippen LogP contribution in [0.2, 0.25) is 0 Å². The average molecular weight is 385 g/mol. The molecule has 1 saturated heterocycles. The molecular weight excluding hydrogens is 356 g/mol. The molecule has 6 heteroatoms. The summed E-state index contributed by atoms with van der Waals surface area (Å²) in [6.07, 6.45) is 5.44. The Bertz CT molecular complexity index is 552. The van der Waals surface area contributed by atoms with E-state index in [0.717, 1.165) is 56.8 Å².